The SMILES string of the molecule is CCn1c(=O)c(-c2cc(NC(=O)Nc3cccc4ccccc34)c(F)cc2C)cc2cnc(NC)cc21. The Labute approximate surface area is 213 Å². The summed E-state index contributed by atoms with van der Waals surface area (Å²) in [6, 6.07) is 19.1. The maximum absolute atomic E-state index is 14.9. The molecular weight excluding hydrogens is 469 g/mol. The number of nitrogens with one attached hydrogen (secondary N) is 3. The molecule has 3 N–H and O–H groups in total. The molecule has 2 heterocycles. The summed E-state index contributed by atoms with van der Waals surface area (Å²) in [4.78, 5) is 30.7. The Morgan fingerprint density at radius 3 is 2.49 bits per heavy atom. The zero-order chi connectivity index (χ0) is 26.1. The molecule has 7 nitrogen and oxygen atoms in total. The average Bonchev–Trinajstić information content (AvgIpc) is 2.90. The molecule has 0 saturated carbocycles. The second-order valence-corrected chi connectivity index (χ2v) is 8.74. The molecule has 3 aromatic carbocycles. The predicted molar refractivity (Wildman–Crippen MR) is 148 cm³/mol. The lowest BCUT2D eigenvalue weighted by atomic mass is 9.99. The average molecular weight is 496 g/mol. The van der Waals surface area contributed by atoms with Crippen LogP contribution >= 0.6 is 0 Å². The van der Waals surface area contributed by atoms with E-state index in [1.54, 1.807) is 36.9 Å². The second kappa shape index (κ2) is 9.73. The summed E-state index contributed by atoms with van der Waals surface area (Å²) < 4.78 is 16.6. The lowest BCUT2D eigenvalue weighted by Gasteiger charge is -2.16. The summed E-state index contributed by atoms with van der Waals surface area (Å²) in [5.74, 6) is 0.0646. The summed E-state index contributed by atoms with van der Waals surface area (Å²) in [6.45, 7) is 4.09. The molecule has 0 atom stereocenters. The molecule has 0 aliphatic carbocycles. The molecule has 0 radical (unpaired) electrons. The second-order valence-electron chi connectivity index (χ2n) is 8.74. The number of nitrogens with zero attached hydrogens (tertiary/aromatic N) is 2. The standard InChI is InChI=1S/C29H26FN5O2/c1-4-35-26-15-27(31-3)32-16-19(26)13-22(28(35)36)21-14-25(23(30)12-17(21)2)34-29(37)33-24-11-7-9-18-8-5-6-10-20(18)24/h5-16H,4H2,1-3H3,(H,31,32)(H2,33,34,37). The van der Waals surface area contributed by atoms with Gasteiger partial charge in [-0.15, -0.1) is 0 Å². The number of pyridine rings is 2. The van der Waals surface area contributed by atoms with Gasteiger partial charge < -0.3 is 20.5 Å². The first-order chi connectivity index (χ1) is 17.9. The molecule has 0 aliphatic rings. The van der Waals surface area contributed by atoms with Gasteiger partial charge in [0.1, 0.15) is 11.6 Å². The van der Waals surface area contributed by atoms with Gasteiger partial charge in [-0.1, -0.05) is 36.4 Å². The van der Waals surface area contributed by atoms with Crippen molar-refractivity contribution >= 4 is 44.9 Å². The molecule has 186 valence electrons. The number of fused-ring (bicyclic) bond motifs is 2. The quantitative estimate of drug-likeness (QED) is 0.264. The Kier molecular flexibility index (Phi) is 6.31. The number of carbonyl (C=O) groups is 1. The predicted octanol–water partition coefficient (Wildman–Crippen LogP) is 6.37. The highest BCUT2D eigenvalue weighted by atomic mass is 19.1. The first-order valence-corrected chi connectivity index (χ1v) is 12.0. The van der Waals surface area contributed by atoms with Crippen LogP contribution in [0.15, 0.2) is 77.7 Å². The van der Waals surface area contributed by atoms with E-state index in [9.17, 15) is 14.0 Å². The van der Waals surface area contributed by atoms with Gasteiger partial charge >= 0.3 is 6.03 Å². The number of anilines is 3. The van der Waals surface area contributed by atoms with Crippen LogP contribution in [0.4, 0.5) is 26.4 Å². The van der Waals surface area contributed by atoms with Crippen molar-refractivity contribution in [3.05, 3.63) is 94.7 Å². The third-order valence-corrected chi connectivity index (χ3v) is 6.44. The van der Waals surface area contributed by atoms with E-state index in [1.807, 2.05) is 49.4 Å². The van der Waals surface area contributed by atoms with Crippen molar-refractivity contribution in [3.63, 3.8) is 0 Å². The first kappa shape index (κ1) is 24.0. The molecule has 2 aromatic heterocycles. The van der Waals surface area contributed by atoms with Crippen LogP contribution in [0.5, 0.6) is 0 Å². The van der Waals surface area contributed by atoms with Crippen LogP contribution < -0.4 is 21.5 Å². The number of amides is 2. The van der Waals surface area contributed by atoms with Crippen LogP contribution in [0.25, 0.3) is 32.8 Å². The summed E-state index contributed by atoms with van der Waals surface area (Å²) >= 11 is 0. The molecule has 0 fully saturated rings. The van der Waals surface area contributed by atoms with E-state index in [0.29, 0.717) is 34.7 Å². The van der Waals surface area contributed by atoms with E-state index in [0.717, 1.165) is 21.7 Å². The normalized spacial score (nSPS) is 11.0. The van der Waals surface area contributed by atoms with E-state index < -0.39 is 11.8 Å². The van der Waals surface area contributed by atoms with Crippen LogP contribution in [0.2, 0.25) is 0 Å². The van der Waals surface area contributed by atoms with Crippen molar-refractivity contribution in [1.29, 1.82) is 0 Å². The molecular formula is C29H26FN5O2. The zero-order valence-corrected chi connectivity index (χ0v) is 20.7. The molecule has 0 bridgehead atoms. The number of aryl methyl sites for hydroxylation is 2. The number of halogens is 1. The molecule has 5 rings (SSSR count). The Hall–Kier alpha value is -4.72. The van der Waals surface area contributed by atoms with E-state index in [1.165, 1.54) is 12.1 Å². The monoisotopic (exact) mass is 495 g/mol. The fourth-order valence-electron chi connectivity index (χ4n) is 4.58. The lowest BCUT2D eigenvalue weighted by Crippen LogP contribution is -2.22. The summed E-state index contributed by atoms with van der Waals surface area (Å²) in [6.07, 6.45) is 1.70. The Balaban J connectivity index is 1.53. The highest BCUT2D eigenvalue weighted by Gasteiger charge is 2.17. The maximum atomic E-state index is 14.9. The maximum Gasteiger partial charge on any atom is 0.323 e. The van der Waals surface area contributed by atoms with Crippen LogP contribution in [0, 0.1) is 12.7 Å². The van der Waals surface area contributed by atoms with Crippen molar-refractivity contribution in [3.8, 4) is 11.1 Å². The smallest absolute Gasteiger partial charge is 0.323 e. The molecule has 0 unspecified atom stereocenters. The molecule has 8 heteroatoms. The molecule has 0 saturated heterocycles. The molecule has 5 aromatic rings. The van der Waals surface area contributed by atoms with Gasteiger partial charge in [0.15, 0.2) is 0 Å². The third-order valence-electron chi connectivity index (χ3n) is 6.44. The van der Waals surface area contributed by atoms with Crippen molar-refractivity contribution < 1.29 is 9.18 Å². The number of urea groups is 1. The van der Waals surface area contributed by atoms with Crippen LogP contribution in [0.3, 0.4) is 0 Å². The van der Waals surface area contributed by atoms with Crippen molar-refractivity contribution in [2.75, 3.05) is 23.0 Å². The topological polar surface area (TPSA) is 88.1 Å². The van der Waals surface area contributed by atoms with E-state index in [-0.39, 0.29) is 11.2 Å². The van der Waals surface area contributed by atoms with Gasteiger partial charge in [0.25, 0.3) is 5.56 Å². The Morgan fingerprint density at radius 1 is 0.946 bits per heavy atom. The van der Waals surface area contributed by atoms with Gasteiger partial charge in [-0.25, -0.2) is 14.2 Å². The molecule has 0 spiro atoms. The van der Waals surface area contributed by atoms with E-state index in [4.69, 9.17) is 0 Å². The lowest BCUT2D eigenvalue weighted by molar-refractivity contribution is 0.262. The van der Waals surface area contributed by atoms with Crippen molar-refractivity contribution in [2.24, 2.45) is 0 Å². The summed E-state index contributed by atoms with van der Waals surface area (Å²) in [7, 11) is 1.77. The fourth-order valence-corrected chi connectivity index (χ4v) is 4.58. The Morgan fingerprint density at radius 2 is 1.70 bits per heavy atom. The van der Waals surface area contributed by atoms with Crippen LogP contribution in [0.1, 0.15) is 12.5 Å². The minimum Gasteiger partial charge on any atom is -0.373 e. The zero-order valence-electron chi connectivity index (χ0n) is 20.7. The highest BCUT2D eigenvalue weighted by molar-refractivity contribution is 6.06. The molecule has 37 heavy (non-hydrogen) atoms. The summed E-state index contributed by atoms with van der Waals surface area (Å²) in [5, 5.41) is 11.0. The number of hydrogen-bond donors (Lipinski definition) is 3. The van der Waals surface area contributed by atoms with E-state index in [2.05, 4.69) is 20.9 Å². The third kappa shape index (κ3) is 4.49. The first-order valence-electron chi connectivity index (χ1n) is 12.0. The molecule has 0 aliphatic heterocycles. The van der Waals surface area contributed by atoms with Gasteiger partial charge in [0.05, 0.1) is 16.9 Å². The number of hydrogen-bond acceptors (Lipinski definition) is 4. The Bertz CT molecular complexity index is 1720. The fraction of sp³-hybridized carbons (Fsp3) is 0.138. The van der Waals surface area contributed by atoms with Gasteiger partial charge in [-0.3, -0.25) is 4.79 Å². The van der Waals surface area contributed by atoms with Crippen molar-refractivity contribution in [1.82, 2.24) is 9.55 Å². The number of benzene rings is 3. The van der Waals surface area contributed by atoms with Gasteiger partial charge in [-0.2, -0.15) is 0 Å². The van der Waals surface area contributed by atoms with Crippen LogP contribution in [-0.2, 0) is 6.54 Å². The minimum absolute atomic E-state index is 0.0236. The number of rotatable bonds is 5. The van der Waals surface area contributed by atoms with Gasteiger partial charge in [0.2, 0.25) is 0 Å². The van der Waals surface area contributed by atoms with E-state index >= 15 is 0 Å². The number of aromatic nitrogens is 2. The highest BCUT2D eigenvalue weighted by Crippen LogP contribution is 2.30. The number of carbonyl (C=O) groups excluding carboxylic acids is 1. The summed E-state index contributed by atoms with van der Waals surface area (Å²) in [5.41, 5.74) is 2.66. The van der Waals surface area contributed by atoms with Gasteiger partial charge in [0, 0.05) is 42.2 Å². The minimum atomic E-state index is -0.591. The molecule has 2 amide bonds. The largest absolute Gasteiger partial charge is 0.373 e. The van der Waals surface area contributed by atoms with Gasteiger partial charge in [-0.05, 0) is 54.6 Å². The van der Waals surface area contributed by atoms with Crippen molar-refractivity contribution in [2.45, 2.75) is 20.4 Å². The van der Waals surface area contributed by atoms with Crippen LogP contribution in [-0.4, -0.2) is 22.6 Å².